The van der Waals surface area contributed by atoms with Crippen LogP contribution in [0.2, 0.25) is 0 Å². The molecule has 1 rings (SSSR count). The molecule has 0 bridgehead atoms. The second-order valence-electron chi connectivity index (χ2n) is 5.84. The molecular weight excluding hydrogens is 270 g/mol. The second kappa shape index (κ2) is 7.88. The van der Waals surface area contributed by atoms with Gasteiger partial charge in [0.25, 0.3) is 5.91 Å². The second-order valence-corrected chi connectivity index (χ2v) is 5.84. The summed E-state index contributed by atoms with van der Waals surface area (Å²) in [7, 11) is 1.59. The van der Waals surface area contributed by atoms with E-state index < -0.39 is 5.60 Å². The van der Waals surface area contributed by atoms with Crippen LogP contribution in [-0.2, 0) is 4.79 Å². The molecule has 0 fully saturated rings. The summed E-state index contributed by atoms with van der Waals surface area (Å²) < 4.78 is 10.4. The van der Waals surface area contributed by atoms with Crippen molar-refractivity contribution in [1.29, 1.82) is 0 Å². The Hall–Kier alpha value is -1.75. The largest absolute Gasteiger partial charge is 0.497 e. The minimum Gasteiger partial charge on any atom is -0.497 e. The minimum absolute atomic E-state index is 0.0793. The van der Waals surface area contributed by atoms with Crippen LogP contribution in [0.15, 0.2) is 24.3 Å². The maximum atomic E-state index is 11.7. The molecule has 0 radical (unpaired) electrons. The molecule has 0 aliphatic heterocycles. The van der Waals surface area contributed by atoms with Crippen molar-refractivity contribution in [3.05, 3.63) is 24.3 Å². The number of ether oxygens (including phenoxy) is 2. The fourth-order valence-electron chi connectivity index (χ4n) is 2.11. The molecule has 0 saturated heterocycles. The minimum atomic E-state index is -0.899. The SMILES string of the molecule is COc1ccc(OCC(=O)NCC(C)(O)CC(C)C)cc1. The summed E-state index contributed by atoms with van der Waals surface area (Å²) in [5, 5.41) is 12.8. The van der Waals surface area contributed by atoms with Gasteiger partial charge < -0.3 is 19.9 Å². The number of benzene rings is 1. The predicted molar refractivity (Wildman–Crippen MR) is 81.6 cm³/mol. The highest BCUT2D eigenvalue weighted by Crippen LogP contribution is 2.17. The highest BCUT2D eigenvalue weighted by Gasteiger charge is 2.22. The van der Waals surface area contributed by atoms with Crippen LogP contribution in [0, 0.1) is 5.92 Å². The first kappa shape index (κ1) is 17.3. The lowest BCUT2D eigenvalue weighted by atomic mass is 9.94. The third-order valence-corrected chi connectivity index (χ3v) is 2.94. The maximum Gasteiger partial charge on any atom is 0.258 e. The van der Waals surface area contributed by atoms with Gasteiger partial charge in [0.15, 0.2) is 6.61 Å². The molecule has 0 aromatic heterocycles. The average molecular weight is 295 g/mol. The Bertz CT molecular complexity index is 440. The number of carbonyl (C=O) groups is 1. The van der Waals surface area contributed by atoms with Gasteiger partial charge in [-0.25, -0.2) is 0 Å². The Morgan fingerprint density at radius 2 is 1.86 bits per heavy atom. The van der Waals surface area contributed by atoms with E-state index in [1.807, 2.05) is 13.8 Å². The van der Waals surface area contributed by atoms with Crippen molar-refractivity contribution in [3.8, 4) is 11.5 Å². The lowest BCUT2D eigenvalue weighted by molar-refractivity contribution is -0.124. The zero-order valence-electron chi connectivity index (χ0n) is 13.2. The number of aliphatic hydroxyl groups is 1. The summed E-state index contributed by atoms with van der Waals surface area (Å²) in [6.07, 6.45) is 0.632. The van der Waals surface area contributed by atoms with E-state index in [2.05, 4.69) is 5.32 Å². The third kappa shape index (κ3) is 6.99. The average Bonchev–Trinajstić information content (AvgIpc) is 2.42. The molecule has 118 valence electrons. The van der Waals surface area contributed by atoms with E-state index in [4.69, 9.17) is 9.47 Å². The Balaban J connectivity index is 2.33. The normalized spacial score (nSPS) is 13.6. The lowest BCUT2D eigenvalue weighted by Gasteiger charge is -2.25. The van der Waals surface area contributed by atoms with Gasteiger partial charge in [-0.2, -0.15) is 0 Å². The highest BCUT2D eigenvalue weighted by molar-refractivity contribution is 5.77. The Morgan fingerprint density at radius 3 is 2.38 bits per heavy atom. The molecule has 1 amide bonds. The van der Waals surface area contributed by atoms with Crippen LogP contribution in [-0.4, -0.2) is 36.9 Å². The number of amides is 1. The molecule has 5 nitrogen and oxygen atoms in total. The molecule has 1 unspecified atom stereocenters. The van der Waals surface area contributed by atoms with Crippen molar-refractivity contribution in [2.24, 2.45) is 5.92 Å². The van der Waals surface area contributed by atoms with E-state index in [0.29, 0.717) is 18.1 Å². The molecule has 0 saturated carbocycles. The Kier molecular flexibility index (Phi) is 6.49. The maximum absolute atomic E-state index is 11.7. The summed E-state index contributed by atoms with van der Waals surface area (Å²) in [6, 6.07) is 7.00. The zero-order chi connectivity index (χ0) is 15.9. The van der Waals surface area contributed by atoms with Gasteiger partial charge in [0, 0.05) is 6.54 Å². The van der Waals surface area contributed by atoms with Crippen molar-refractivity contribution in [1.82, 2.24) is 5.32 Å². The van der Waals surface area contributed by atoms with Gasteiger partial charge >= 0.3 is 0 Å². The Labute approximate surface area is 126 Å². The molecular formula is C16H25NO4. The summed E-state index contributed by atoms with van der Waals surface area (Å²) >= 11 is 0. The molecule has 1 aromatic carbocycles. The van der Waals surface area contributed by atoms with E-state index >= 15 is 0 Å². The fourth-order valence-corrected chi connectivity index (χ4v) is 2.11. The van der Waals surface area contributed by atoms with E-state index in [-0.39, 0.29) is 19.1 Å². The summed E-state index contributed by atoms with van der Waals surface area (Å²) in [4.78, 5) is 11.7. The smallest absolute Gasteiger partial charge is 0.258 e. The van der Waals surface area contributed by atoms with Gasteiger partial charge in [-0.1, -0.05) is 13.8 Å². The van der Waals surface area contributed by atoms with Crippen LogP contribution in [0.4, 0.5) is 0 Å². The van der Waals surface area contributed by atoms with E-state index in [0.717, 1.165) is 5.75 Å². The zero-order valence-corrected chi connectivity index (χ0v) is 13.2. The van der Waals surface area contributed by atoms with Gasteiger partial charge in [0.2, 0.25) is 0 Å². The van der Waals surface area contributed by atoms with Crippen LogP contribution < -0.4 is 14.8 Å². The van der Waals surface area contributed by atoms with Crippen LogP contribution in [0.3, 0.4) is 0 Å². The first-order chi connectivity index (χ1) is 9.82. The fraction of sp³-hybridized carbons (Fsp3) is 0.562. The molecule has 0 heterocycles. The van der Waals surface area contributed by atoms with Gasteiger partial charge in [-0.15, -0.1) is 0 Å². The van der Waals surface area contributed by atoms with Gasteiger partial charge in [-0.3, -0.25) is 4.79 Å². The van der Waals surface area contributed by atoms with Crippen LogP contribution >= 0.6 is 0 Å². The van der Waals surface area contributed by atoms with Crippen molar-refractivity contribution in [3.63, 3.8) is 0 Å². The number of nitrogens with one attached hydrogen (secondary N) is 1. The Morgan fingerprint density at radius 1 is 1.29 bits per heavy atom. The van der Waals surface area contributed by atoms with Gasteiger partial charge in [0.1, 0.15) is 11.5 Å². The topological polar surface area (TPSA) is 67.8 Å². The van der Waals surface area contributed by atoms with Crippen molar-refractivity contribution in [2.75, 3.05) is 20.3 Å². The summed E-state index contributed by atoms with van der Waals surface area (Å²) in [6.45, 7) is 5.92. The highest BCUT2D eigenvalue weighted by atomic mass is 16.5. The molecule has 0 aliphatic carbocycles. The lowest BCUT2D eigenvalue weighted by Crippen LogP contribution is -2.43. The number of hydrogen-bond donors (Lipinski definition) is 2. The van der Waals surface area contributed by atoms with E-state index in [1.165, 1.54) is 0 Å². The molecule has 21 heavy (non-hydrogen) atoms. The molecule has 1 atom stereocenters. The third-order valence-electron chi connectivity index (χ3n) is 2.94. The molecule has 0 aliphatic rings. The number of carbonyl (C=O) groups excluding carboxylic acids is 1. The first-order valence-electron chi connectivity index (χ1n) is 7.08. The number of rotatable bonds is 8. The molecule has 0 spiro atoms. The molecule has 2 N–H and O–H groups in total. The number of hydrogen-bond acceptors (Lipinski definition) is 4. The quantitative estimate of drug-likeness (QED) is 0.769. The van der Waals surface area contributed by atoms with Crippen molar-refractivity contribution < 1.29 is 19.4 Å². The molecule has 1 aromatic rings. The summed E-state index contributed by atoms with van der Waals surface area (Å²) in [5.41, 5.74) is -0.899. The van der Waals surface area contributed by atoms with E-state index in [1.54, 1.807) is 38.3 Å². The predicted octanol–water partition coefficient (Wildman–Crippen LogP) is 1.99. The van der Waals surface area contributed by atoms with Crippen LogP contribution in [0.5, 0.6) is 11.5 Å². The van der Waals surface area contributed by atoms with Gasteiger partial charge in [-0.05, 0) is 43.5 Å². The van der Waals surface area contributed by atoms with E-state index in [9.17, 15) is 9.90 Å². The first-order valence-corrected chi connectivity index (χ1v) is 7.08. The monoisotopic (exact) mass is 295 g/mol. The van der Waals surface area contributed by atoms with Crippen molar-refractivity contribution >= 4 is 5.91 Å². The van der Waals surface area contributed by atoms with Crippen LogP contribution in [0.1, 0.15) is 27.2 Å². The standard InChI is InChI=1S/C16H25NO4/c1-12(2)9-16(3,19)11-17-15(18)10-21-14-7-5-13(20-4)6-8-14/h5-8,12,19H,9-11H2,1-4H3,(H,17,18). The van der Waals surface area contributed by atoms with Crippen LogP contribution in [0.25, 0.3) is 0 Å². The van der Waals surface area contributed by atoms with Gasteiger partial charge in [0.05, 0.1) is 12.7 Å². The summed E-state index contributed by atoms with van der Waals surface area (Å²) in [5.74, 6) is 1.44. The van der Waals surface area contributed by atoms with Crippen molar-refractivity contribution in [2.45, 2.75) is 32.8 Å². The number of methoxy groups -OCH3 is 1. The molecule has 5 heteroatoms.